The molecule has 3 fully saturated rings. The fourth-order valence-corrected chi connectivity index (χ4v) is 8.02. The van der Waals surface area contributed by atoms with Gasteiger partial charge >= 0.3 is 6.18 Å². The number of alkyl halides is 3. The molecule has 0 saturated carbocycles. The number of piperidine rings is 2. The maximum Gasteiger partial charge on any atom is 0.389 e. The van der Waals surface area contributed by atoms with Crippen molar-refractivity contribution in [3.63, 3.8) is 0 Å². The van der Waals surface area contributed by atoms with E-state index in [0.29, 0.717) is 35.4 Å². The largest absolute Gasteiger partial charge is 0.493 e. The maximum absolute atomic E-state index is 13.1. The van der Waals surface area contributed by atoms with Crippen LogP contribution >= 0.6 is 23.5 Å². The number of benzene rings is 1. The highest BCUT2D eigenvalue weighted by atomic mass is 35.5. The number of aromatic hydroxyl groups is 1. The van der Waals surface area contributed by atoms with Gasteiger partial charge in [-0.25, -0.2) is 4.31 Å². The molecule has 0 radical (unpaired) electrons. The van der Waals surface area contributed by atoms with Gasteiger partial charge in [-0.1, -0.05) is 23.5 Å². The third-order valence-corrected chi connectivity index (χ3v) is 10.1. The molecule has 2 atom stereocenters. The zero-order valence-electron chi connectivity index (χ0n) is 21.5. The Balaban J connectivity index is 1.10. The summed E-state index contributed by atoms with van der Waals surface area (Å²) in [7, 11) is 0. The lowest BCUT2D eigenvalue weighted by atomic mass is 9.99. The SMILES string of the molecule is O=Nc1c(O)[nH]c2cc(Cl)c(C(=O)NC3CC4CCC(C3)N4SCC3CCN(CCCC(F)(F)F)CC3)cc12. The quantitative estimate of drug-likeness (QED) is 0.233. The number of H-pyrrole nitrogens is 1. The van der Waals surface area contributed by atoms with Crippen LogP contribution in [-0.4, -0.2) is 74.9 Å². The van der Waals surface area contributed by atoms with Crippen molar-refractivity contribution in [2.75, 3.05) is 25.4 Å². The second kappa shape index (κ2) is 11.8. The number of fused-ring (bicyclic) bond motifs is 3. The van der Waals surface area contributed by atoms with Crippen molar-refractivity contribution in [2.24, 2.45) is 11.1 Å². The maximum atomic E-state index is 13.1. The van der Waals surface area contributed by atoms with E-state index in [1.165, 1.54) is 12.1 Å². The summed E-state index contributed by atoms with van der Waals surface area (Å²) in [6.45, 7) is 2.25. The Labute approximate surface area is 234 Å². The second-order valence-corrected chi connectivity index (χ2v) is 12.4. The van der Waals surface area contributed by atoms with Crippen molar-refractivity contribution in [1.29, 1.82) is 0 Å². The number of aromatic nitrogens is 1. The van der Waals surface area contributed by atoms with Gasteiger partial charge in [-0.05, 0) is 87.8 Å². The van der Waals surface area contributed by atoms with Gasteiger partial charge in [0.25, 0.3) is 5.91 Å². The van der Waals surface area contributed by atoms with E-state index in [9.17, 15) is 28.0 Å². The predicted octanol–water partition coefficient (Wildman–Crippen LogP) is 6.35. The van der Waals surface area contributed by atoms with Crippen molar-refractivity contribution in [3.05, 3.63) is 27.6 Å². The van der Waals surface area contributed by atoms with Crippen LogP contribution in [0.25, 0.3) is 10.9 Å². The molecule has 1 aromatic carbocycles. The summed E-state index contributed by atoms with van der Waals surface area (Å²) in [6.07, 6.45) is 1.30. The molecule has 4 heterocycles. The predicted molar refractivity (Wildman–Crippen MR) is 146 cm³/mol. The summed E-state index contributed by atoms with van der Waals surface area (Å²) < 4.78 is 39.7. The van der Waals surface area contributed by atoms with Gasteiger partial charge in [-0.3, -0.25) is 4.79 Å². The van der Waals surface area contributed by atoms with Crippen LogP contribution in [0.2, 0.25) is 5.02 Å². The summed E-state index contributed by atoms with van der Waals surface area (Å²) >= 11 is 8.25. The van der Waals surface area contributed by atoms with Gasteiger partial charge in [0.15, 0.2) is 5.69 Å². The highest BCUT2D eigenvalue weighted by Crippen LogP contribution is 2.42. The topological polar surface area (TPSA) is 101 Å². The number of nitroso groups, excluding NO2 is 1. The molecule has 1 aromatic heterocycles. The number of nitrogens with one attached hydrogen (secondary N) is 2. The molecule has 3 aliphatic heterocycles. The molecule has 3 saturated heterocycles. The van der Waals surface area contributed by atoms with Crippen LogP contribution < -0.4 is 5.32 Å². The first kappa shape index (κ1) is 28.5. The fourth-order valence-electron chi connectivity index (χ4n) is 6.25. The summed E-state index contributed by atoms with van der Waals surface area (Å²) in [5, 5.41) is 16.4. The number of halogens is 4. The number of hydrogen-bond acceptors (Lipinski definition) is 7. The molecule has 3 aliphatic rings. The molecule has 39 heavy (non-hydrogen) atoms. The number of amides is 1. The van der Waals surface area contributed by atoms with Crippen LogP contribution in [0, 0.1) is 10.8 Å². The smallest absolute Gasteiger partial charge is 0.389 e. The molecular formula is C26H33ClF3N5O3S. The highest BCUT2D eigenvalue weighted by Gasteiger charge is 2.42. The molecule has 2 unspecified atom stereocenters. The summed E-state index contributed by atoms with van der Waals surface area (Å²) in [5.41, 5.74) is 0.521. The van der Waals surface area contributed by atoms with Gasteiger partial charge in [-0.15, -0.1) is 4.91 Å². The van der Waals surface area contributed by atoms with E-state index in [1.807, 2.05) is 11.9 Å². The van der Waals surface area contributed by atoms with Crippen molar-refractivity contribution in [1.82, 2.24) is 19.5 Å². The Kier molecular flexibility index (Phi) is 8.65. The lowest BCUT2D eigenvalue weighted by molar-refractivity contribution is -0.136. The number of likely N-dealkylation sites (tertiary alicyclic amines) is 1. The molecule has 13 heteroatoms. The minimum absolute atomic E-state index is 0.0156. The lowest BCUT2D eigenvalue weighted by Gasteiger charge is -2.39. The van der Waals surface area contributed by atoms with Gasteiger partial charge in [-0.2, -0.15) is 13.2 Å². The Morgan fingerprint density at radius 2 is 1.87 bits per heavy atom. The Morgan fingerprint density at radius 1 is 1.18 bits per heavy atom. The van der Waals surface area contributed by atoms with Crippen LogP contribution in [0.5, 0.6) is 5.88 Å². The number of rotatable bonds is 9. The third-order valence-electron chi connectivity index (χ3n) is 8.28. The Hall–Kier alpha value is -2.02. The van der Waals surface area contributed by atoms with Gasteiger partial charge in [0, 0.05) is 35.7 Å². The molecule has 0 aliphatic carbocycles. The van der Waals surface area contributed by atoms with Crippen LogP contribution in [0.15, 0.2) is 17.3 Å². The van der Waals surface area contributed by atoms with Crippen molar-refractivity contribution in [2.45, 2.75) is 75.7 Å². The van der Waals surface area contributed by atoms with E-state index in [4.69, 9.17) is 11.6 Å². The van der Waals surface area contributed by atoms with Crippen molar-refractivity contribution in [3.8, 4) is 5.88 Å². The normalized spacial score (nSPS) is 24.9. The summed E-state index contributed by atoms with van der Waals surface area (Å²) in [4.78, 5) is 29.0. The molecule has 214 valence electrons. The van der Waals surface area contributed by atoms with E-state index in [1.54, 1.807) is 0 Å². The number of aromatic amines is 1. The molecule has 2 aromatic rings. The van der Waals surface area contributed by atoms with Gasteiger partial charge in [0.05, 0.1) is 16.1 Å². The molecule has 8 nitrogen and oxygen atoms in total. The fraction of sp³-hybridized carbons (Fsp3) is 0.654. The van der Waals surface area contributed by atoms with Crippen molar-refractivity contribution < 1.29 is 23.1 Å². The number of nitrogens with zero attached hydrogens (tertiary/aromatic N) is 3. The van der Waals surface area contributed by atoms with E-state index in [0.717, 1.165) is 57.4 Å². The first-order valence-electron chi connectivity index (χ1n) is 13.5. The van der Waals surface area contributed by atoms with E-state index in [2.05, 4.69) is 24.7 Å². The average molecular weight is 588 g/mol. The monoisotopic (exact) mass is 587 g/mol. The standard InChI is InChI=1S/C26H33ClF3N5O3S/c27-21-13-22-20(23(33-38)25(37)32-22)12-19(21)24(36)31-16-10-17-2-3-18(11-16)35(17)39-14-15-4-8-34(9-5-15)7-1-6-26(28,29)30/h12-13,15-18,32,37H,1-11,14H2,(H,31,36). The first-order valence-corrected chi connectivity index (χ1v) is 14.8. The van der Waals surface area contributed by atoms with Crippen molar-refractivity contribution >= 4 is 46.0 Å². The third kappa shape index (κ3) is 6.66. The van der Waals surface area contributed by atoms with Crippen LogP contribution in [0.1, 0.15) is 61.7 Å². The molecule has 5 rings (SSSR count). The summed E-state index contributed by atoms with van der Waals surface area (Å²) in [5.74, 6) is 0.919. The van der Waals surface area contributed by atoms with Crippen LogP contribution in [-0.2, 0) is 0 Å². The van der Waals surface area contributed by atoms with E-state index in [-0.39, 0.29) is 40.5 Å². The summed E-state index contributed by atoms with van der Waals surface area (Å²) in [6, 6.07) is 3.78. The second-order valence-electron chi connectivity index (χ2n) is 11.0. The van der Waals surface area contributed by atoms with Gasteiger partial charge in [0.2, 0.25) is 5.88 Å². The Morgan fingerprint density at radius 3 is 2.51 bits per heavy atom. The number of hydrogen-bond donors (Lipinski definition) is 3. The van der Waals surface area contributed by atoms with Crippen LogP contribution in [0.4, 0.5) is 18.9 Å². The molecule has 0 spiro atoms. The zero-order valence-corrected chi connectivity index (χ0v) is 23.0. The average Bonchev–Trinajstić information content (AvgIpc) is 3.31. The lowest BCUT2D eigenvalue weighted by Crippen LogP contribution is -2.48. The number of carbonyl (C=O) groups is 1. The minimum Gasteiger partial charge on any atom is -0.493 e. The first-order chi connectivity index (χ1) is 18.6. The van der Waals surface area contributed by atoms with E-state index < -0.39 is 12.6 Å². The molecular weight excluding hydrogens is 555 g/mol. The van der Waals surface area contributed by atoms with E-state index >= 15 is 0 Å². The zero-order chi connectivity index (χ0) is 27.7. The van der Waals surface area contributed by atoms with Crippen LogP contribution in [0.3, 0.4) is 0 Å². The van der Waals surface area contributed by atoms with Gasteiger partial charge < -0.3 is 20.3 Å². The molecule has 3 N–H and O–H groups in total. The molecule has 1 amide bonds. The van der Waals surface area contributed by atoms with Gasteiger partial charge in [0.1, 0.15) is 0 Å². The molecule has 2 bridgehead atoms. The minimum atomic E-state index is -4.07. The Bertz CT molecular complexity index is 1190. The number of carbonyl (C=O) groups excluding carboxylic acids is 1. The highest BCUT2D eigenvalue weighted by molar-refractivity contribution is 7.97.